The summed E-state index contributed by atoms with van der Waals surface area (Å²) in [6, 6.07) is 9.39. The number of ketones is 1. The van der Waals surface area contributed by atoms with Gasteiger partial charge in [0, 0.05) is 37.5 Å². The van der Waals surface area contributed by atoms with Crippen molar-refractivity contribution in [2.75, 3.05) is 13.1 Å². The van der Waals surface area contributed by atoms with Crippen LogP contribution in [-0.2, 0) is 9.59 Å². The predicted octanol–water partition coefficient (Wildman–Crippen LogP) is 3.34. The molecular weight excluding hydrogens is 340 g/mol. The van der Waals surface area contributed by atoms with Crippen LogP contribution in [0.5, 0.6) is 0 Å². The number of nitrogens with zero attached hydrogens (tertiary/aromatic N) is 1. The van der Waals surface area contributed by atoms with Gasteiger partial charge in [0.15, 0.2) is 5.78 Å². The van der Waals surface area contributed by atoms with E-state index in [1.807, 2.05) is 18.2 Å². The number of rotatable bonds is 6. The van der Waals surface area contributed by atoms with Gasteiger partial charge >= 0.3 is 0 Å². The number of piperidine rings is 1. The lowest BCUT2D eigenvalue weighted by Gasteiger charge is -2.33. The molecule has 1 saturated heterocycles. The van der Waals surface area contributed by atoms with E-state index < -0.39 is 0 Å². The lowest BCUT2D eigenvalue weighted by molar-refractivity contribution is -0.136. The zero-order valence-corrected chi connectivity index (χ0v) is 16.0. The van der Waals surface area contributed by atoms with Crippen molar-refractivity contribution in [1.82, 2.24) is 10.2 Å². The van der Waals surface area contributed by atoms with Crippen LogP contribution in [0.1, 0.15) is 68.1 Å². The molecule has 1 N–H and O–H groups in total. The molecule has 146 valence electrons. The summed E-state index contributed by atoms with van der Waals surface area (Å²) in [4.78, 5) is 39.1. The molecule has 5 nitrogen and oxygen atoms in total. The Bertz CT molecular complexity index is 653. The average Bonchev–Trinajstić information content (AvgIpc) is 2.73. The number of hydrogen-bond donors (Lipinski definition) is 1. The molecule has 1 unspecified atom stereocenters. The molecule has 1 saturated carbocycles. The number of Topliss-reactive ketones (excluding diaryl/α,β-unsaturated/α-hetero) is 1. The van der Waals surface area contributed by atoms with Crippen LogP contribution in [-0.4, -0.2) is 41.6 Å². The highest BCUT2D eigenvalue weighted by molar-refractivity contribution is 5.97. The molecule has 0 radical (unpaired) electrons. The number of carbonyl (C=O) groups is 3. The van der Waals surface area contributed by atoms with Gasteiger partial charge < -0.3 is 10.2 Å². The van der Waals surface area contributed by atoms with Crippen molar-refractivity contribution in [1.29, 1.82) is 0 Å². The van der Waals surface area contributed by atoms with Gasteiger partial charge in [-0.2, -0.15) is 0 Å². The van der Waals surface area contributed by atoms with Crippen molar-refractivity contribution >= 4 is 17.6 Å². The van der Waals surface area contributed by atoms with Gasteiger partial charge in [-0.15, -0.1) is 0 Å². The maximum atomic E-state index is 12.6. The van der Waals surface area contributed by atoms with E-state index in [0.717, 1.165) is 25.7 Å². The monoisotopic (exact) mass is 370 g/mol. The van der Waals surface area contributed by atoms with Gasteiger partial charge in [0.1, 0.15) is 0 Å². The van der Waals surface area contributed by atoms with E-state index in [2.05, 4.69) is 5.32 Å². The number of likely N-dealkylation sites (tertiary alicyclic amines) is 1. The van der Waals surface area contributed by atoms with Gasteiger partial charge in [-0.3, -0.25) is 14.4 Å². The van der Waals surface area contributed by atoms with E-state index in [4.69, 9.17) is 0 Å². The quantitative estimate of drug-likeness (QED) is 0.781. The molecule has 3 rings (SSSR count). The van der Waals surface area contributed by atoms with Gasteiger partial charge in [0.2, 0.25) is 11.8 Å². The molecular formula is C22H30N2O3. The minimum atomic E-state index is -0.116. The third-order valence-electron chi connectivity index (χ3n) is 5.76. The van der Waals surface area contributed by atoms with E-state index in [1.165, 1.54) is 19.3 Å². The summed E-state index contributed by atoms with van der Waals surface area (Å²) < 4.78 is 0. The van der Waals surface area contributed by atoms with Crippen LogP contribution in [0.4, 0.5) is 0 Å². The zero-order chi connectivity index (χ0) is 19.1. The molecule has 1 aliphatic carbocycles. The molecule has 2 amide bonds. The SMILES string of the molecule is O=C(CCC(=O)N1CCCC(C(=O)NC2CCCCC2)C1)c1ccccc1. The van der Waals surface area contributed by atoms with Crippen molar-refractivity contribution in [2.24, 2.45) is 5.92 Å². The van der Waals surface area contributed by atoms with Gasteiger partial charge in [0.05, 0.1) is 5.92 Å². The van der Waals surface area contributed by atoms with E-state index in [-0.39, 0.29) is 36.4 Å². The molecule has 2 fully saturated rings. The van der Waals surface area contributed by atoms with E-state index in [1.54, 1.807) is 17.0 Å². The van der Waals surface area contributed by atoms with Crippen LogP contribution in [0.15, 0.2) is 30.3 Å². The van der Waals surface area contributed by atoms with Gasteiger partial charge in [-0.05, 0) is 25.7 Å². The zero-order valence-electron chi connectivity index (χ0n) is 16.0. The Balaban J connectivity index is 1.46. The second-order valence-electron chi connectivity index (χ2n) is 7.81. The summed E-state index contributed by atoms with van der Waals surface area (Å²) in [6.45, 7) is 1.17. The smallest absolute Gasteiger partial charge is 0.225 e. The van der Waals surface area contributed by atoms with Crippen LogP contribution in [0, 0.1) is 5.92 Å². The van der Waals surface area contributed by atoms with Crippen molar-refractivity contribution in [2.45, 2.75) is 63.8 Å². The first-order valence-electron chi connectivity index (χ1n) is 10.3. The summed E-state index contributed by atoms with van der Waals surface area (Å²) in [5.41, 5.74) is 0.647. The first-order chi connectivity index (χ1) is 13.1. The molecule has 1 aromatic carbocycles. The minimum absolute atomic E-state index is 0.00690. The molecule has 1 aromatic rings. The maximum absolute atomic E-state index is 12.6. The standard InChI is InChI=1S/C22H30N2O3/c25-20(17-8-3-1-4-9-17)13-14-21(26)24-15-7-10-18(16-24)22(27)23-19-11-5-2-6-12-19/h1,3-4,8-9,18-19H,2,5-7,10-16H2,(H,23,27). The molecule has 2 aliphatic rings. The third-order valence-corrected chi connectivity index (χ3v) is 5.76. The number of nitrogens with one attached hydrogen (secondary N) is 1. The van der Waals surface area contributed by atoms with Crippen molar-refractivity contribution in [3.8, 4) is 0 Å². The fourth-order valence-electron chi connectivity index (χ4n) is 4.13. The van der Waals surface area contributed by atoms with E-state index >= 15 is 0 Å². The fourth-order valence-corrected chi connectivity index (χ4v) is 4.13. The van der Waals surface area contributed by atoms with Gasteiger partial charge in [-0.1, -0.05) is 49.6 Å². The molecule has 27 heavy (non-hydrogen) atoms. The number of hydrogen-bond acceptors (Lipinski definition) is 3. The van der Waals surface area contributed by atoms with Crippen molar-refractivity contribution < 1.29 is 14.4 Å². The Morgan fingerprint density at radius 3 is 2.41 bits per heavy atom. The number of amides is 2. The first kappa shape index (κ1) is 19.6. The Morgan fingerprint density at radius 1 is 0.926 bits per heavy atom. The highest BCUT2D eigenvalue weighted by Crippen LogP contribution is 2.21. The third kappa shape index (κ3) is 5.65. The van der Waals surface area contributed by atoms with Gasteiger partial charge in [-0.25, -0.2) is 0 Å². The Labute approximate surface area is 161 Å². The van der Waals surface area contributed by atoms with Crippen LogP contribution >= 0.6 is 0 Å². The van der Waals surface area contributed by atoms with Crippen LogP contribution in [0.3, 0.4) is 0 Å². The largest absolute Gasteiger partial charge is 0.353 e. The molecule has 1 atom stereocenters. The Morgan fingerprint density at radius 2 is 1.67 bits per heavy atom. The Hall–Kier alpha value is -2.17. The molecule has 1 heterocycles. The van der Waals surface area contributed by atoms with Crippen LogP contribution in [0.25, 0.3) is 0 Å². The molecule has 1 aliphatic heterocycles. The van der Waals surface area contributed by atoms with Crippen LogP contribution < -0.4 is 5.32 Å². The van der Waals surface area contributed by atoms with E-state index in [9.17, 15) is 14.4 Å². The highest BCUT2D eigenvalue weighted by Gasteiger charge is 2.29. The lowest BCUT2D eigenvalue weighted by Crippen LogP contribution is -2.48. The van der Waals surface area contributed by atoms with Crippen LogP contribution in [0.2, 0.25) is 0 Å². The molecule has 0 aromatic heterocycles. The van der Waals surface area contributed by atoms with E-state index in [0.29, 0.717) is 24.7 Å². The lowest BCUT2D eigenvalue weighted by atomic mass is 9.93. The first-order valence-corrected chi connectivity index (χ1v) is 10.3. The number of carbonyl (C=O) groups excluding carboxylic acids is 3. The maximum Gasteiger partial charge on any atom is 0.225 e. The summed E-state index contributed by atoms with van der Waals surface area (Å²) in [7, 11) is 0. The second kappa shape index (κ2) is 9.67. The summed E-state index contributed by atoms with van der Waals surface area (Å²) in [6.07, 6.45) is 7.91. The minimum Gasteiger partial charge on any atom is -0.353 e. The topological polar surface area (TPSA) is 66.5 Å². The normalized spacial score (nSPS) is 20.9. The molecule has 5 heteroatoms. The van der Waals surface area contributed by atoms with Crippen molar-refractivity contribution in [3.63, 3.8) is 0 Å². The summed E-state index contributed by atoms with van der Waals surface area (Å²) in [5, 5.41) is 3.19. The van der Waals surface area contributed by atoms with Crippen molar-refractivity contribution in [3.05, 3.63) is 35.9 Å². The fraction of sp³-hybridized carbons (Fsp3) is 0.591. The average molecular weight is 370 g/mol. The highest BCUT2D eigenvalue weighted by atomic mass is 16.2. The summed E-state index contributed by atoms with van der Waals surface area (Å²) in [5.74, 6) is -0.0452. The predicted molar refractivity (Wildman–Crippen MR) is 104 cm³/mol. The second-order valence-corrected chi connectivity index (χ2v) is 7.81. The number of benzene rings is 1. The summed E-state index contributed by atoms with van der Waals surface area (Å²) >= 11 is 0. The van der Waals surface area contributed by atoms with Gasteiger partial charge in [0.25, 0.3) is 0 Å². The molecule has 0 spiro atoms. The molecule has 0 bridgehead atoms. The Kier molecular flexibility index (Phi) is 7.02.